The zero-order valence-corrected chi connectivity index (χ0v) is 12.3. The minimum Gasteiger partial charge on any atom is -0.481 e. The van der Waals surface area contributed by atoms with Crippen LogP contribution >= 0.6 is 0 Å². The molecule has 0 spiro atoms. The summed E-state index contributed by atoms with van der Waals surface area (Å²) in [5, 5.41) is 9.35. The molecule has 0 bridgehead atoms. The third kappa shape index (κ3) is 2.77. The van der Waals surface area contributed by atoms with Crippen molar-refractivity contribution in [3.63, 3.8) is 0 Å². The Bertz CT molecular complexity index is 533. The van der Waals surface area contributed by atoms with Crippen LogP contribution in [0.3, 0.4) is 0 Å². The Morgan fingerprint density at radius 1 is 1.20 bits per heavy atom. The number of rotatable bonds is 4. The van der Waals surface area contributed by atoms with Gasteiger partial charge in [-0.25, -0.2) is 0 Å². The number of benzene rings is 1. The second-order valence-corrected chi connectivity index (χ2v) is 5.98. The molecule has 0 radical (unpaired) electrons. The van der Waals surface area contributed by atoms with Crippen LogP contribution < -0.4 is 0 Å². The van der Waals surface area contributed by atoms with E-state index in [4.69, 9.17) is 0 Å². The standard InChI is InChI=1S/C17H22O3/c1-4-12-8-14(15(9-12)17(19)20)16(18)13-6-5-10(2)7-11(13)3/h5-7,12,14-15H,4,8-9H2,1-3H3,(H,19,20). The summed E-state index contributed by atoms with van der Waals surface area (Å²) in [6.07, 6.45) is 2.28. The van der Waals surface area contributed by atoms with Crippen molar-refractivity contribution in [1.82, 2.24) is 0 Å². The van der Waals surface area contributed by atoms with Crippen LogP contribution in [0.25, 0.3) is 0 Å². The Labute approximate surface area is 120 Å². The van der Waals surface area contributed by atoms with Gasteiger partial charge in [0, 0.05) is 11.5 Å². The molecule has 0 aromatic heterocycles. The van der Waals surface area contributed by atoms with Crippen LogP contribution in [0, 0.1) is 31.6 Å². The van der Waals surface area contributed by atoms with Gasteiger partial charge in [-0.1, -0.05) is 37.1 Å². The van der Waals surface area contributed by atoms with E-state index in [0.29, 0.717) is 24.3 Å². The van der Waals surface area contributed by atoms with Crippen LogP contribution in [0.4, 0.5) is 0 Å². The monoisotopic (exact) mass is 274 g/mol. The summed E-state index contributed by atoms with van der Waals surface area (Å²) in [7, 11) is 0. The van der Waals surface area contributed by atoms with Crippen molar-refractivity contribution in [1.29, 1.82) is 0 Å². The number of carbonyl (C=O) groups excluding carboxylic acids is 1. The third-order valence-electron chi connectivity index (χ3n) is 4.54. The van der Waals surface area contributed by atoms with Crippen molar-refractivity contribution in [3.8, 4) is 0 Å². The van der Waals surface area contributed by atoms with Gasteiger partial charge in [0.2, 0.25) is 0 Å². The Kier molecular flexibility index (Phi) is 4.26. The summed E-state index contributed by atoms with van der Waals surface area (Å²) in [6.45, 7) is 5.97. The van der Waals surface area contributed by atoms with Crippen LogP contribution in [-0.2, 0) is 4.79 Å². The lowest BCUT2D eigenvalue weighted by Gasteiger charge is -2.16. The molecule has 20 heavy (non-hydrogen) atoms. The van der Waals surface area contributed by atoms with Gasteiger partial charge >= 0.3 is 5.97 Å². The minimum absolute atomic E-state index is 0.00542. The van der Waals surface area contributed by atoms with E-state index in [1.165, 1.54) is 0 Å². The highest BCUT2D eigenvalue weighted by atomic mass is 16.4. The zero-order valence-electron chi connectivity index (χ0n) is 12.3. The summed E-state index contributed by atoms with van der Waals surface area (Å²) >= 11 is 0. The summed E-state index contributed by atoms with van der Waals surface area (Å²) < 4.78 is 0. The van der Waals surface area contributed by atoms with Gasteiger partial charge in [-0.15, -0.1) is 0 Å². The lowest BCUT2D eigenvalue weighted by molar-refractivity contribution is -0.142. The molecule has 0 saturated heterocycles. The van der Waals surface area contributed by atoms with Crippen LogP contribution in [-0.4, -0.2) is 16.9 Å². The Morgan fingerprint density at radius 3 is 2.40 bits per heavy atom. The molecule has 1 aliphatic rings. The molecule has 0 amide bonds. The quantitative estimate of drug-likeness (QED) is 0.853. The lowest BCUT2D eigenvalue weighted by Crippen LogP contribution is -2.25. The third-order valence-corrected chi connectivity index (χ3v) is 4.54. The SMILES string of the molecule is CCC1CC(C(=O)O)C(C(=O)c2ccc(C)cc2C)C1. The Balaban J connectivity index is 2.29. The fourth-order valence-electron chi connectivity index (χ4n) is 3.33. The number of carbonyl (C=O) groups is 2. The van der Waals surface area contributed by atoms with Crippen molar-refractivity contribution in [2.75, 3.05) is 0 Å². The van der Waals surface area contributed by atoms with E-state index >= 15 is 0 Å². The van der Waals surface area contributed by atoms with E-state index in [2.05, 4.69) is 6.92 Å². The van der Waals surface area contributed by atoms with Crippen molar-refractivity contribution >= 4 is 11.8 Å². The van der Waals surface area contributed by atoms with E-state index in [0.717, 1.165) is 17.5 Å². The van der Waals surface area contributed by atoms with Crippen LogP contribution in [0.15, 0.2) is 18.2 Å². The van der Waals surface area contributed by atoms with Crippen molar-refractivity contribution in [2.45, 2.75) is 40.0 Å². The molecular formula is C17H22O3. The molecule has 1 saturated carbocycles. The van der Waals surface area contributed by atoms with Crippen molar-refractivity contribution in [3.05, 3.63) is 34.9 Å². The van der Waals surface area contributed by atoms with Gasteiger partial charge in [-0.05, 0) is 38.2 Å². The van der Waals surface area contributed by atoms with E-state index in [1.807, 2.05) is 32.0 Å². The summed E-state index contributed by atoms with van der Waals surface area (Å²) in [5.74, 6) is -1.35. The van der Waals surface area contributed by atoms with Gasteiger partial charge in [0.15, 0.2) is 5.78 Å². The van der Waals surface area contributed by atoms with E-state index in [-0.39, 0.29) is 11.7 Å². The van der Waals surface area contributed by atoms with Gasteiger partial charge in [0.1, 0.15) is 0 Å². The number of ketones is 1. The molecule has 108 valence electrons. The molecule has 0 aliphatic heterocycles. The number of carboxylic acid groups (broad SMARTS) is 1. The second-order valence-electron chi connectivity index (χ2n) is 5.98. The maximum absolute atomic E-state index is 12.7. The molecule has 1 fully saturated rings. The molecule has 3 unspecified atom stereocenters. The normalized spacial score (nSPS) is 25.6. The topological polar surface area (TPSA) is 54.4 Å². The number of Topliss-reactive ketones (excluding diaryl/α,β-unsaturated/α-hetero) is 1. The van der Waals surface area contributed by atoms with E-state index in [1.54, 1.807) is 0 Å². The first-order chi connectivity index (χ1) is 9.43. The maximum Gasteiger partial charge on any atom is 0.307 e. The van der Waals surface area contributed by atoms with Crippen molar-refractivity contribution in [2.24, 2.45) is 17.8 Å². The molecule has 0 heterocycles. The van der Waals surface area contributed by atoms with Gasteiger partial charge in [-0.3, -0.25) is 9.59 Å². The molecule has 1 aliphatic carbocycles. The first kappa shape index (κ1) is 14.8. The number of hydrogen-bond acceptors (Lipinski definition) is 2. The Morgan fingerprint density at radius 2 is 1.85 bits per heavy atom. The largest absolute Gasteiger partial charge is 0.481 e. The highest BCUT2D eigenvalue weighted by molar-refractivity contribution is 6.01. The molecule has 1 aromatic carbocycles. The minimum atomic E-state index is -0.830. The highest BCUT2D eigenvalue weighted by Crippen LogP contribution is 2.40. The summed E-state index contributed by atoms with van der Waals surface area (Å²) in [6, 6.07) is 5.74. The fraction of sp³-hybridized carbons (Fsp3) is 0.529. The smallest absolute Gasteiger partial charge is 0.307 e. The average Bonchev–Trinajstić information content (AvgIpc) is 2.82. The number of carboxylic acids is 1. The molecule has 3 atom stereocenters. The van der Waals surface area contributed by atoms with Gasteiger partial charge in [-0.2, -0.15) is 0 Å². The average molecular weight is 274 g/mol. The lowest BCUT2D eigenvalue weighted by atomic mass is 9.86. The van der Waals surface area contributed by atoms with Gasteiger partial charge in [0.05, 0.1) is 5.92 Å². The first-order valence-corrected chi connectivity index (χ1v) is 7.28. The molecular weight excluding hydrogens is 252 g/mol. The van der Waals surface area contributed by atoms with Crippen molar-refractivity contribution < 1.29 is 14.7 Å². The van der Waals surface area contributed by atoms with E-state index in [9.17, 15) is 14.7 Å². The van der Waals surface area contributed by atoms with Gasteiger partial charge in [0.25, 0.3) is 0 Å². The highest BCUT2D eigenvalue weighted by Gasteiger charge is 2.42. The first-order valence-electron chi connectivity index (χ1n) is 7.28. The molecule has 1 N–H and O–H groups in total. The van der Waals surface area contributed by atoms with Crippen LogP contribution in [0.1, 0.15) is 47.7 Å². The predicted molar refractivity (Wildman–Crippen MR) is 77.9 cm³/mol. The van der Waals surface area contributed by atoms with Crippen LogP contribution in [0.5, 0.6) is 0 Å². The number of aliphatic carboxylic acids is 1. The number of hydrogen-bond donors (Lipinski definition) is 1. The van der Waals surface area contributed by atoms with E-state index < -0.39 is 11.9 Å². The van der Waals surface area contributed by atoms with Crippen LogP contribution in [0.2, 0.25) is 0 Å². The second kappa shape index (κ2) is 5.78. The zero-order chi connectivity index (χ0) is 14.9. The predicted octanol–water partition coefficient (Wildman–Crippen LogP) is 3.62. The molecule has 3 heteroatoms. The van der Waals surface area contributed by atoms with Gasteiger partial charge < -0.3 is 5.11 Å². The number of aryl methyl sites for hydroxylation is 2. The fourth-order valence-corrected chi connectivity index (χ4v) is 3.33. The Hall–Kier alpha value is -1.64. The molecule has 2 rings (SSSR count). The molecule has 3 nitrogen and oxygen atoms in total. The maximum atomic E-state index is 12.7. The summed E-state index contributed by atoms with van der Waals surface area (Å²) in [5.41, 5.74) is 2.74. The molecule has 1 aromatic rings. The summed E-state index contributed by atoms with van der Waals surface area (Å²) in [4.78, 5) is 24.1.